The second-order valence-electron chi connectivity index (χ2n) is 5.65. The maximum Gasteiger partial charge on any atom is 0.226 e. The Labute approximate surface area is 136 Å². The molecule has 3 rings (SSSR count). The van der Waals surface area contributed by atoms with Crippen molar-refractivity contribution in [3.05, 3.63) is 71.4 Å². The van der Waals surface area contributed by atoms with Gasteiger partial charge in [-0.1, -0.05) is 12.1 Å². The van der Waals surface area contributed by atoms with Crippen LogP contribution in [0.2, 0.25) is 0 Å². The quantitative estimate of drug-likeness (QED) is 0.689. The molecule has 0 aliphatic carbocycles. The number of rotatable bonds is 5. The molecule has 2 heterocycles. The van der Waals surface area contributed by atoms with E-state index in [2.05, 4.69) is 35.9 Å². The van der Waals surface area contributed by atoms with Crippen LogP contribution in [0, 0.1) is 13.8 Å². The minimum Gasteiger partial charge on any atom is -0.444 e. The number of hydrogen-bond donors (Lipinski definition) is 0. The van der Waals surface area contributed by atoms with Crippen molar-refractivity contribution in [3.8, 4) is 11.5 Å². The molecule has 1 unspecified atom stereocenters. The highest BCUT2D eigenvalue weighted by Crippen LogP contribution is 2.23. The van der Waals surface area contributed by atoms with Crippen LogP contribution >= 0.6 is 0 Å². The molecule has 23 heavy (non-hydrogen) atoms. The molecule has 0 saturated heterocycles. The Morgan fingerprint density at radius 1 is 1.13 bits per heavy atom. The van der Waals surface area contributed by atoms with Crippen molar-refractivity contribution in [1.82, 2.24) is 9.97 Å². The van der Waals surface area contributed by atoms with E-state index in [1.165, 1.54) is 11.1 Å². The molecule has 1 atom stereocenters. The molecule has 0 amide bonds. The largest absolute Gasteiger partial charge is 0.444 e. The van der Waals surface area contributed by atoms with Crippen molar-refractivity contribution in [2.75, 3.05) is 0 Å². The molecule has 118 valence electrons. The fourth-order valence-corrected chi connectivity index (χ4v) is 2.29. The monoisotopic (exact) mass is 308 g/mol. The fourth-order valence-electron chi connectivity index (χ4n) is 2.29. The summed E-state index contributed by atoms with van der Waals surface area (Å²) in [6.07, 6.45) is 3.33. The zero-order chi connectivity index (χ0) is 16.2. The Hall–Kier alpha value is -2.46. The summed E-state index contributed by atoms with van der Waals surface area (Å²) in [6.45, 7) is 6.55. The van der Waals surface area contributed by atoms with Crippen molar-refractivity contribution in [1.29, 1.82) is 0 Å². The summed E-state index contributed by atoms with van der Waals surface area (Å²) in [5, 5.41) is 0. The zero-order valence-electron chi connectivity index (χ0n) is 13.6. The highest BCUT2D eigenvalue weighted by molar-refractivity contribution is 5.55. The lowest BCUT2D eigenvalue weighted by Gasteiger charge is -2.10. The minimum absolute atomic E-state index is 0.0852. The molecule has 3 aromatic rings. The van der Waals surface area contributed by atoms with Gasteiger partial charge < -0.3 is 9.15 Å². The first-order valence-electron chi connectivity index (χ1n) is 7.68. The second kappa shape index (κ2) is 6.75. The molecule has 0 aliphatic heterocycles. The number of benzene rings is 1. The molecule has 0 N–H and O–H groups in total. The van der Waals surface area contributed by atoms with Gasteiger partial charge in [-0.2, -0.15) is 0 Å². The van der Waals surface area contributed by atoms with Crippen LogP contribution in [0.4, 0.5) is 0 Å². The highest BCUT2D eigenvalue weighted by atomic mass is 16.5. The van der Waals surface area contributed by atoms with E-state index >= 15 is 0 Å². The van der Waals surface area contributed by atoms with E-state index in [1.807, 2.05) is 31.2 Å². The Morgan fingerprint density at radius 2 is 2.00 bits per heavy atom. The smallest absolute Gasteiger partial charge is 0.226 e. The number of aromatic nitrogens is 2. The lowest BCUT2D eigenvalue weighted by molar-refractivity contribution is 0.0477. The Morgan fingerprint density at radius 3 is 2.74 bits per heavy atom. The Bertz CT molecular complexity index is 781. The van der Waals surface area contributed by atoms with E-state index in [1.54, 1.807) is 12.5 Å². The zero-order valence-corrected chi connectivity index (χ0v) is 13.6. The molecule has 2 aromatic heterocycles. The molecular formula is C19H20N2O2. The lowest BCUT2D eigenvalue weighted by atomic mass is 10.1. The van der Waals surface area contributed by atoms with E-state index in [0.29, 0.717) is 12.5 Å². The summed E-state index contributed by atoms with van der Waals surface area (Å²) < 4.78 is 11.4. The van der Waals surface area contributed by atoms with Crippen molar-refractivity contribution >= 4 is 0 Å². The van der Waals surface area contributed by atoms with E-state index in [9.17, 15) is 0 Å². The van der Waals surface area contributed by atoms with Crippen LogP contribution in [0.3, 0.4) is 0 Å². The van der Waals surface area contributed by atoms with Gasteiger partial charge in [0.25, 0.3) is 0 Å². The topological polar surface area (TPSA) is 48.2 Å². The molecule has 4 nitrogen and oxygen atoms in total. The van der Waals surface area contributed by atoms with Gasteiger partial charge in [-0.25, -0.2) is 4.98 Å². The molecule has 0 radical (unpaired) electrons. The highest BCUT2D eigenvalue weighted by Gasteiger charge is 2.11. The Kier molecular flexibility index (Phi) is 4.53. The third-order valence-corrected chi connectivity index (χ3v) is 3.89. The van der Waals surface area contributed by atoms with E-state index < -0.39 is 0 Å². The molecule has 1 aromatic carbocycles. The average molecular weight is 308 g/mol. The van der Waals surface area contributed by atoms with Crippen LogP contribution in [0.25, 0.3) is 11.5 Å². The molecule has 4 heteroatoms. The molecular weight excluding hydrogens is 288 g/mol. The molecule has 0 saturated carbocycles. The second-order valence-corrected chi connectivity index (χ2v) is 5.65. The normalized spacial score (nSPS) is 12.3. The summed E-state index contributed by atoms with van der Waals surface area (Å²) in [4.78, 5) is 8.80. The number of pyridine rings is 1. The number of oxazole rings is 1. The summed E-state index contributed by atoms with van der Waals surface area (Å²) in [6, 6.07) is 12.0. The summed E-state index contributed by atoms with van der Waals surface area (Å²) in [7, 11) is 0. The van der Waals surface area contributed by atoms with Crippen molar-refractivity contribution < 1.29 is 9.15 Å². The molecule has 0 bridgehead atoms. The minimum atomic E-state index is -0.0852. The van der Waals surface area contributed by atoms with Gasteiger partial charge in [-0.15, -0.1) is 0 Å². The van der Waals surface area contributed by atoms with Gasteiger partial charge >= 0.3 is 0 Å². The van der Waals surface area contributed by atoms with Gasteiger partial charge in [0.2, 0.25) is 5.89 Å². The maximum atomic E-state index is 5.82. The van der Waals surface area contributed by atoms with Crippen LogP contribution in [0.1, 0.15) is 35.5 Å². The van der Waals surface area contributed by atoms with Gasteiger partial charge in [0, 0.05) is 11.8 Å². The van der Waals surface area contributed by atoms with Crippen LogP contribution in [-0.2, 0) is 11.3 Å². The van der Waals surface area contributed by atoms with Crippen LogP contribution < -0.4 is 0 Å². The summed E-state index contributed by atoms with van der Waals surface area (Å²) >= 11 is 0. The van der Waals surface area contributed by atoms with Gasteiger partial charge in [0.1, 0.15) is 12.0 Å². The lowest BCUT2D eigenvalue weighted by Crippen LogP contribution is -2.02. The van der Waals surface area contributed by atoms with Crippen molar-refractivity contribution in [3.63, 3.8) is 0 Å². The first-order chi connectivity index (χ1) is 11.1. The van der Waals surface area contributed by atoms with Crippen molar-refractivity contribution in [2.45, 2.75) is 33.5 Å². The predicted molar refractivity (Wildman–Crippen MR) is 88.9 cm³/mol. The van der Waals surface area contributed by atoms with E-state index in [4.69, 9.17) is 9.15 Å². The molecule has 0 spiro atoms. The summed E-state index contributed by atoms with van der Waals surface area (Å²) in [5.74, 6) is 0.622. The van der Waals surface area contributed by atoms with Gasteiger partial charge in [0.05, 0.1) is 18.4 Å². The first kappa shape index (κ1) is 15.4. The number of nitrogens with zero attached hydrogens (tertiary/aromatic N) is 2. The molecule has 0 fully saturated rings. The van der Waals surface area contributed by atoms with Gasteiger partial charge in [-0.05, 0) is 56.2 Å². The number of ether oxygens (including phenoxy) is 1. The molecule has 0 aliphatic rings. The Balaban J connectivity index is 1.66. The number of hydrogen-bond acceptors (Lipinski definition) is 4. The third-order valence-electron chi connectivity index (χ3n) is 3.89. The van der Waals surface area contributed by atoms with Crippen molar-refractivity contribution in [2.24, 2.45) is 0 Å². The SMILES string of the molecule is Cc1ccc(-c2nc(COC(C)c3ccccn3)co2)cc1C. The van der Waals surface area contributed by atoms with Gasteiger partial charge in [-0.3, -0.25) is 4.98 Å². The van der Waals surface area contributed by atoms with Gasteiger partial charge in [0.15, 0.2) is 0 Å². The van der Waals surface area contributed by atoms with Crippen LogP contribution in [0.5, 0.6) is 0 Å². The van der Waals surface area contributed by atoms with E-state index in [-0.39, 0.29) is 6.10 Å². The maximum absolute atomic E-state index is 5.82. The third kappa shape index (κ3) is 3.66. The van der Waals surface area contributed by atoms with Crippen LogP contribution in [0.15, 0.2) is 53.3 Å². The standard InChI is InChI=1S/C19H20N2O2/c1-13-7-8-16(10-14(13)2)19-21-17(12-23-19)11-22-15(3)18-6-4-5-9-20-18/h4-10,12,15H,11H2,1-3H3. The average Bonchev–Trinajstić information content (AvgIpc) is 3.05. The van der Waals surface area contributed by atoms with E-state index in [0.717, 1.165) is 17.0 Å². The first-order valence-corrected chi connectivity index (χ1v) is 7.68. The number of aryl methyl sites for hydroxylation is 2. The van der Waals surface area contributed by atoms with Crippen LogP contribution in [-0.4, -0.2) is 9.97 Å². The summed E-state index contributed by atoms with van der Waals surface area (Å²) in [5.41, 5.74) is 5.15. The fraction of sp³-hybridized carbons (Fsp3) is 0.263. The predicted octanol–water partition coefficient (Wildman–Crippen LogP) is 4.63.